The highest BCUT2D eigenvalue weighted by molar-refractivity contribution is 7.80. The van der Waals surface area contributed by atoms with Gasteiger partial charge in [0.05, 0.1) is 39.1 Å². The van der Waals surface area contributed by atoms with Crippen LogP contribution in [0.1, 0.15) is 11.3 Å². The number of non-ortho nitro benzene ring substituents is 1. The predicted octanol–water partition coefficient (Wildman–Crippen LogP) is 4.59. The van der Waals surface area contributed by atoms with Crippen molar-refractivity contribution in [3.63, 3.8) is 0 Å². The first-order chi connectivity index (χ1) is 17.9. The summed E-state index contributed by atoms with van der Waals surface area (Å²) in [6.07, 6.45) is 1.55. The second-order valence-corrected chi connectivity index (χ2v) is 8.40. The van der Waals surface area contributed by atoms with Gasteiger partial charge in [-0.25, -0.2) is 4.98 Å². The van der Waals surface area contributed by atoms with Crippen molar-refractivity contribution in [1.82, 2.24) is 25.2 Å². The first kappa shape index (κ1) is 23.6. The largest absolute Gasteiger partial charge is 0.438 e. The first-order valence-corrected chi connectivity index (χ1v) is 11.5. The molecule has 0 saturated heterocycles. The van der Waals surface area contributed by atoms with Gasteiger partial charge < -0.3 is 15.5 Å². The lowest BCUT2D eigenvalue weighted by Crippen LogP contribution is -2.24. The van der Waals surface area contributed by atoms with Crippen LogP contribution in [0.5, 0.6) is 11.6 Å². The maximum atomic E-state index is 11.1. The molecule has 11 nitrogen and oxygen atoms in total. The van der Waals surface area contributed by atoms with E-state index >= 15 is 0 Å². The Bertz CT molecular complexity index is 1640. The molecule has 5 aromatic rings. The van der Waals surface area contributed by atoms with Gasteiger partial charge in [-0.3, -0.25) is 15.5 Å². The molecule has 0 fully saturated rings. The monoisotopic (exact) mass is 512 g/mol. The Kier molecular flexibility index (Phi) is 6.31. The molecule has 37 heavy (non-hydrogen) atoms. The van der Waals surface area contributed by atoms with Crippen molar-refractivity contribution in [1.29, 1.82) is 0 Å². The van der Waals surface area contributed by atoms with Crippen LogP contribution >= 0.6 is 12.2 Å². The number of nitro groups is 1. The summed E-state index contributed by atoms with van der Waals surface area (Å²) >= 11 is 4.82. The number of nitro benzene ring substituents is 1. The van der Waals surface area contributed by atoms with Gasteiger partial charge in [0.2, 0.25) is 5.88 Å². The molecule has 0 amide bonds. The molecule has 0 aliphatic rings. The number of hydrogen-bond donors (Lipinski definition) is 3. The van der Waals surface area contributed by atoms with Crippen LogP contribution in [0.3, 0.4) is 0 Å². The van der Waals surface area contributed by atoms with Crippen LogP contribution in [0, 0.1) is 17.0 Å². The van der Waals surface area contributed by atoms with Gasteiger partial charge in [-0.1, -0.05) is 18.2 Å². The van der Waals surface area contributed by atoms with Gasteiger partial charge in [0.1, 0.15) is 11.6 Å². The van der Waals surface area contributed by atoms with Crippen LogP contribution in [0.2, 0.25) is 0 Å². The van der Waals surface area contributed by atoms with E-state index in [1.807, 2.05) is 49.4 Å². The molecule has 184 valence electrons. The van der Waals surface area contributed by atoms with Gasteiger partial charge >= 0.3 is 0 Å². The highest BCUT2D eigenvalue weighted by Crippen LogP contribution is 2.31. The van der Waals surface area contributed by atoms with E-state index in [0.29, 0.717) is 39.7 Å². The molecule has 2 aromatic heterocycles. The zero-order chi connectivity index (χ0) is 25.9. The van der Waals surface area contributed by atoms with E-state index in [1.165, 1.54) is 12.1 Å². The number of rotatable bonds is 7. The second kappa shape index (κ2) is 9.87. The third kappa shape index (κ3) is 4.99. The van der Waals surface area contributed by atoms with E-state index in [1.54, 1.807) is 29.1 Å². The fourth-order valence-electron chi connectivity index (χ4n) is 3.71. The molecule has 12 heteroatoms. The lowest BCUT2D eigenvalue weighted by molar-refractivity contribution is -0.384. The van der Waals surface area contributed by atoms with Gasteiger partial charge in [-0.15, -0.1) is 0 Å². The molecule has 0 unspecified atom stereocenters. The molecule has 3 aromatic carbocycles. The van der Waals surface area contributed by atoms with Crippen molar-refractivity contribution in [3.05, 3.63) is 94.2 Å². The number of aromatic nitrogens is 4. The van der Waals surface area contributed by atoms with Gasteiger partial charge in [0, 0.05) is 17.7 Å². The van der Waals surface area contributed by atoms with Crippen LogP contribution in [-0.4, -0.2) is 36.0 Å². The SMILES string of the molecule is Cc1nn(-c2ccccc2)c(Oc2ccc(-c3nc4ccc([N+](=O)[O-])cc4[nH]3)cc2)c1/C=N/NC(N)=S. The van der Waals surface area contributed by atoms with Crippen molar-refractivity contribution < 1.29 is 9.66 Å². The molecule has 5 rings (SSSR count). The standard InChI is InChI=1S/C25H20N8O3S/c1-15-20(14-27-30-25(26)37)24(32(31-15)17-5-3-2-4-6-17)36-19-10-7-16(8-11-19)23-28-21-12-9-18(33(34)35)13-22(21)29-23/h2-14H,1H3,(H,28,29)(H3,26,30,37)/b27-14+. The van der Waals surface area contributed by atoms with Crippen molar-refractivity contribution in [2.45, 2.75) is 6.92 Å². The minimum absolute atomic E-state index is 0.000372. The minimum Gasteiger partial charge on any atom is -0.438 e. The van der Waals surface area contributed by atoms with Gasteiger partial charge in [-0.05, 0) is 61.6 Å². The van der Waals surface area contributed by atoms with Gasteiger partial charge in [-0.2, -0.15) is 14.9 Å². The molecule has 2 heterocycles. The second-order valence-electron chi connectivity index (χ2n) is 7.96. The molecule has 0 atom stereocenters. The minimum atomic E-state index is -0.437. The number of H-pyrrole nitrogens is 1. The van der Waals surface area contributed by atoms with Crippen LogP contribution in [0.25, 0.3) is 28.1 Å². The number of imidazole rings is 1. The van der Waals surface area contributed by atoms with Gasteiger partial charge in [0.25, 0.3) is 5.69 Å². The van der Waals surface area contributed by atoms with Crippen LogP contribution in [0.4, 0.5) is 5.69 Å². The smallest absolute Gasteiger partial charge is 0.271 e. The quantitative estimate of drug-likeness (QED) is 0.124. The average Bonchev–Trinajstić information content (AvgIpc) is 3.45. The zero-order valence-corrected chi connectivity index (χ0v) is 20.3. The number of nitrogens with two attached hydrogens (primary N) is 1. The first-order valence-electron chi connectivity index (χ1n) is 11.0. The van der Waals surface area contributed by atoms with E-state index in [-0.39, 0.29) is 10.8 Å². The van der Waals surface area contributed by atoms with Crippen LogP contribution in [0.15, 0.2) is 77.9 Å². The Hall–Kier alpha value is -5.10. The summed E-state index contributed by atoms with van der Waals surface area (Å²) in [5, 5.41) is 19.8. The highest BCUT2D eigenvalue weighted by atomic mass is 32.1. The highest BCUT2D eigenvalue weighted by Gasteiger charge is 2.18. The number of hydrogen-bond acceptors (Lipinski definition) is 7. The molecule has 0 bridgehead atoms. The van der Waals surface area contributed by atoms with Crippen molar-refractivity contribution in [2.75, 3.05) is 0 Å². The number of aromatic amines is 1. The maximum absolute atomic E-state index is 11.1. The summed E-state index contributed by atoms with van der Waals surface area (Å²) in [7, 11) is 0. The molecule has 0 radical (unpaired) electrons. The Balaban J connectivity index is 1.47. The predicted molar refractivity (Wildman–Crippen MR) is 144 cm³/mol. The van der Waals surface area contributed by atoms with Crippen LogP contribution < -0.4 is 15.9 Å². The molecule has 4 N–H and O–H groups in total. The Morgan fingerprint density at radius 2 is 1.95 bits per heavy atom. The normalized spacial score (nSPS) is 11.2. The molecular weight excluding hydrogens is 492 g/mol. The summed E-state index contributed by atoms with van der Waals surface area (Å²) in [6.45, 7) is 1.85. The number of aryl methyl sites for hydroxylation is 1. The number of nitrogens with one attached hydrogen (secondary N) is 2. The Labute approximate surface area is 215 Å². The molecule has 0 spiro atoms. The fraction of sp³-hybridized carbons (Fsp3) is 0.0400. The molecule has 0 aliphatic heterocycles. The number of nitrogens with zero attached hydrogens (tertiary/aromatic N) is 5. The number of hydrazone groups is 1. The molecular formula is C25H20N8O3S. The number of thiocarbonyl (C=S) groups is 1. The number of benzene rings is 3. The lowest BCUT2D eigenvalue weighted by atomic mass is 10.2. The summed E-state index contributed by atoms with van der Waals surface area (Å²) < 4.78 is 7.97. The molecule has 0 saturated carbocycles. The Morgan fingerprint density at radius 1 is 1.19 bits per heavy atom. The van der Waals surface area contributed by atoms with Crippen molar-refractivity contribution >= 4 is 40.3 Å². The summed E-state index contributed by atoms with van der Waals surface area (Å²) in [5.74, 6) is 1.61. The summed E-state index contributed by atoms with van der Waals surface area (Å²) in [4.78, 5) is 18.3. The lowest BCUT2D eigenvalue weighted by Gasteiger charge is -2.10. The maximum Gasteiger partial charge on any atom is 0.271 e. The third-order valence-corrected chi connectivity index (χ3v) is 5.54. The van der Waals surface area contributed by atoms with Crippen LogP contribution in [-0.2, 0) is 0 Å². The number of para-hydroxylation sites is 1. The topological polar surface area (TPSA) is 149 Å². The zero-order valence-electron chi connectivity index (χ0n) is 19.5. The average molecular weight is 513 g/mol. The summed E-state index contributed by atoms with van der Waals surface area (Å²) in [6, 6.07) is 21.4. The van der Waals surface area contributed by atoms with Crippen molar-refractivity contribution in [2.24, 2.45) is 10.8 Å². The van der Waals surface area contributed by atoms with Crippen molar-refractivity contribution in [3.8, 4) is 28.7 Å². The van der Waals surface area contributed by atoms with E-state index in [2.05, 4.69) is 25.6 Å². The third-order valence-electron chi connectivity index (χ3n) is 5.45. The summed E-state index contributed by atoms with van der Waals surface area (Å²) in [5.41, 5.74) is 12.2. The van der Waals surface area contributed by atoms with E-state index in [0.717, 1.165) is 11.3 Å². The fourth-order valence-corrected chi connectivity index (χ4v) is 3.76. The number of fused-ring (bicyclic) bond motifs is 1. The number of ether oxygens (including phenoxy) is 1. The van der Waals surface area contributed by atoms with E-state index < -0.39 is 4.92 Å². The van der Waals surface area contributed by atoms with E-state index in [9.17, 15) is 10.1 Å². The molecule has 0 aliphatic carbocycles. The Morgan fingerprint density at radius 3 is 2.65 bits per heavy atom. The van der Waals surface area contributed by atoms with Gasteiger partial charge in [0.15, 0.2) is 5.11 Å². The van der Waals surface area contributed by atoms with E-state index in [4.69, 9.17) is 22.7 Å².